The van der Waals surface area contributed by atoms with E-state index in [0.717, 1.165) is 89.9 Å². The molecule has 0 aromatic rings. The van der Waals surface area contributed by atoms with Gasteiger partial charge < -0.3 is 14.2 Å². The monoisotopic (exact) mass is 773 g/mol. The highest BCUT2D eigenvalue weighted by molar-refractivity contribution is 5.70. The van der Waals surface area contributed by atoms with Crippen LogP contribution in [0.15, 0.2) is 122 Å². The summed E-state index contributed by atoms with van der Waals surface area (Å²) >= 11 is 0. The van der Waals surface area contributed by atoms with E-state index in [9.17, 15) is 9.59 Å². The van der Waals surface area contributed by atoms with Crippen molar-refractivity contribution >= 4 is 11.9 Å². The fourth-order valence-electron chi connectivity index (χ4n) is 5.27. The van der Waals surface area contributed by atoms with Crippen molar-refractivity contribution in [3.8, 4) is 0 Å². The minimum absolute atomic E-state index is 0.00617. The number of carbonyl (C=O) groups is 2. The van der Waals surface area contributed by atoms with Gasteiger partial charge >= 0.3 is 11.9 Å². The molecule has 0 saturated carbocycles. The second-order valence-electron chi connectivity index (χ2n) is 13.8. The first-order chi connectivity index (χ1) is 27.6. The normalized spacial score (nSPS) is 13.4. The van der Waals surface area contributed by atoms with Gasteiger partial charge in [0.05, 0.1) is 13.2 Å². The van der Waals surface area contributed by atoms with Crippen molar-refractivity contribution in [3.05, 3.63) is 122 Å². The number of rotatable bonds is 38. The standard InChI is InChI=1S/C51H80O5/c1-4-7-10-13-16-19-22-24-25-26-28-31-34-37-40-43-46-54-47-49(56-51(53)45-42-39-36-33-29-21-18-15-12-9-6-3)48-55-50(52)44-41-38-35-32-30-27-23-20-17-14-11-8-5-2/h7-8,10-11,15-20,24-25,27-28,30-31,35,37-38,40,49H,4-6,9,12-14,21-23,26,29,32-34,36,39,41-48H2,1-3H3/b10-7-,11-8-,18-15-,19-16-,20-17-,25-24-,30-27-,31-28-,38-35-,40-37-. The Balaban J connectivity index is 4.52. The van der Waals surface area contributed by atoms with Crippen LogP contribution >= 0.6 is 0 Å². The van der Waals surface area contributed by atoms with Crippen molar-refractivity contribution in [2.75, 3.05) is 19.8 Å². The molecule has 0 aliphatic rings. The van der Waals surface area contributed by atoms with E-state index in [2.05, 4.69) is 136 Å². The van der Waals surface area contributed by atoms with Crippen molar-refractivity contribution in [2.45, 2.75) is 168 Å². The maximum atomic E-state index is 12.7. The van der Waals surface area contributed by atoms with Crippen LogP contribution in [0.5, 0.6) is 0 Å². The largest absolute Gasteiger partial charge is 0.462 e. The number of hydrogen-bond acceptors (Lipinski definition) is 5. The molecule has 0 N–H and O–H groups in total. The molecular formula is C51H80O5. The Bertz CT molecular complexity index is 1190. The molecule has 56 heavy (non-hydrogen) atoms. The molecule has 0 rings (SSSR count). The quantitative estimate of drug-likeness (QED) is 0.0355. The number of allylic oxidation sites excluding steroid dienone is 19. The number of hydrogen-bond donors (Lipinski definition) is 0. The van der Waals surface area contributed by atoms with E-state index >= 15 is 0 Å². The summed E-state index contributed by atoms with van der Waals surface area (Å²) < 4.78 is 17.1. The van der Waals surface area contributed by atoms with Gasteiger partial charge in [0.2, 0.25) is 0 Å². The van der Waals surface area contributed by atoms with E-state index in [0.29, 0.717) is 19.4 Å². The average molecular weight is 773 g/mol. The molecule has 1 unspecified atom stereocenters. The number of unbranched alkanes of at least 4 members (excludes halogenated alkanes) is 7. The van der Waals surface area contributed by atoms with Crippen LogP contribution in [0, 0.1) is 0 Å². The average Bonchev–Trinajstić information content (AvgIpc) is 3.20. The second kappa shape index (κ2) is 45.7. The Labute approximate surface area is 344 Å². The van der Waals surface area contributed by atoms with Gasteiger partial charge in [-0.15, -0.1) is 0 Å². The molecule has 0 bridgehead atoms. The molecule has 0 radical (unpaired) electrons. The molecule has 0 aliphatic carbocycles. The highest BCUT2D eigenvalue weighted by Gasteiger charge is 2.17. The molecule has 0 saturated heterocycles. The van der Waals surface area contributed by atoms with Gasteiger partial charge in [-0.25, -0.2) is 0 Å². The molecule has 1 atom stereocenters. The summed E-state index contributed by atoms with van der Waals surface area (Å²) in [5, 5.41) is 0. The van der Waals surface area contributed by atoms with Crippen LogP contribution in [0.25, 0.3) is 0 Å². The first-order valence-electron chi connectivity index (χ1n) is 22.1. The van der Waals surface area contributed by atoms with Crippen molar-refractivity contribution in [1.82, 2.24) is 0 Å². The zero-order valence-corrected chi connectivity index (χ0v) is 35.8. The predicted molar refractivity (Wildman–Crippen MR) is 242 cm³/mol. The maximum Gasteiger partial charge on any atom is 0.306 e. The fraction of sp³-hybridized carbons (Fsp3) is 0.569. The van der Waals surface area contributed by atoms with Gasteiger partial charge in [0.25, 0.3) is 0 Å². The molecule has 0 heterocycles. The first-order valence-corrected chi connectivity index (χ1v) is 22.1. The molecule has 314 valence electrons. The van der Waals surface area contributed by atoms with Gasteiger partial charge in [-0.05, 0) is 96.3 Å². The fourth-order valence-corrected chi connectivity index (χ4v) is 5.27. The summed E-state index contributed by atoms with van der Waals surface area (Å²) in [5.41, 5.74) is 0. The lowest BCUT2D eigenvalue weighted by molar-refractivity contribution is -0.162. The molecule has 0 aromatic carbocycles. The van der Waals surface area contributed by atoms with E-state index in [1.165, 1.54) is 32.1 Å². The lowest BCUT2D eigenvalue weighted by Crippen LogP contribution is -2.30. The minimum atomic E-state index is -0.614. The molecule has 5 heteroatoms. The van der Waals surface area contributed by atoms with Crippen molar-refractivity contribution in [3.63, 3.8) is 0 Å². The van der Waals surface area contributed by atoms with Crippen LogP contribution in [0.3, 0.4) is 0 Å². The van der Waals surface area contributed by atoms with E-state index < -0.39 is 6.10 Å². The third kappa shape index (κ3) is 43.0. The molecule has 0 fully saturated rings. The SMILES string of the molecule is CC/C=C\C/C=C\C/C=C\C/C=C\C/C=C\CCOCC(COC(=O)CC/C=C\C/C=C\C/C=C\C/C=C\CC)OC(=O)CCCCCCC/C=C\CCCC. The third-order valence-electron chi connectivity index (χ3n) is 8.50. The van der Waals surface area contributed by atoms with Crippen molar-refractivity contribution in [2.24, 2.45) is 0 Å². The van der Waals surface area contributed by atoms with Gasteiger partial charge in [0.1, 0.15) is 6.61 Å². The third-order valence-corrected chi connectivity index (χ3v) is 8.50. The maximum absolute atomic E-state index is 12.7. The highest BCUT2D eigenvalue weighted by Crippen LogP contribution is 2.10. The second-order valence-corrected chi connectivity index (χ2v) is 13.8. The Hall–Kier alpha value is -3.70. The summed E-state index contributed by atoms with van der Waals surface area (Å²) in [6, 6.07) is 0. The lowest BCUT2D eigenvalue weighted by atomic mass is 10.1. The van der Waals surface area contributed by atoms with E-state index in [1.54, 1.807) is 0 Å². The summed E-state index contributed by atoms with van der Waals surface area (Å²) in [4.78, 5) is 25.2. The molecular weight excluding hydrogens is 693 g/mol. The Morgan fingerprint density at radius 2 is 0.839 bits per heavy atom. The zero-order valence-electron chi connectivity index (χ0n) is 35.8. The van der Waals surface area contributed by atoms with Crippen molar-refractivity contribution in [1.29, 1.82) is 0 Å². The first kappa shape index (κ1) is 52.3. The van der Waals surface area contributed by atoms with Crippen LogP contribution < -0.4 is 0 Å². The smallest absolute Gasteiger partial charge is 0.306 e. The van der Waals surface area contributed by atoms with E-state index in [4.69, 9.17) is 14.2 Å². The summed E-state index contributed by atoms with van der Waals surface area (Å²) in [7, 11) is 0. The molecule has 0 amide bonds. The van der Waals surface area contributed by atoms with Gasteiger partial charge in [-0.1, -0.05) is 174 Å². The van der Waals surface area contributed by atoms with Gasteiger partial charge in [0.15, 0.2) is 6.10 Å². The topological polar surface area (TPSA) is 61.8 Å². The van der Waals surface area contributed by atoms with E-state index in [1.807, 2.05) is 6.08 Å². The Morgan fingerprint density at radius 1 is 0.411 bits per heavy atom. The van der Waals surface area contributed by atoms with Gasteiger partial charge in [0, 0.05) is 12.8 Å². The molecule has 5 nitrogen and oxygen atoms in total. The molecule has 0 aliphatic heterocycles. The van der Waals surface area contributed by atoms with Crippen LogP contribution in [-0.4, -0.2) is 37.9 Å². The van der Waals surface area contributed by atoms with E-state index in [-0.39, 0.29) is 31.6 Å². The Morgan fingerprint density at radius 3 is 1.36 bits per heavy atom. The lowest BCUT2D eigenvalue weighted by Gasteiger charge is -2.18. The minimum Gasteiger partial charge on any atom is -0.462 e. The van der Waals surface area contributed by atoms with Crippen molar-refractivity contribution < 1.29 is 23.8 Å². The van der Waals surface area contributed by atoms with Crippen LogP contribution in [0.1, 0.15) is 162 Å². The van der Waals surface area contributed by atoms with Crippen LogP contribution in [0.4, 0.5) is 0 Å². The van der Waals surface area contributed by atoms with Gasteiger partial charge in [-0.3, -0.25) is 9.59 Å². The number of carbonyl (C=O) groups excluding carboxylic acids is 2. The van der Waals surface area contributed by atoms with Crippen LogP contribution in [0.2, 0.25) is 0 Å². The zero-order chi connectivity index (χ0) is 40.7. The van der Waals surface area contributed by atoms with Crippen LogP contribution in [-0.2, 0) is 23.8 Å². The number of ether oxygens (including phenoxy) is 3. The summed E-state index contributed by atoms with van der Waals surface area (Å²) in [5.74, 6) is -0.557. The van der Waals surface area contributed by atoms with Gasteiger partial charge in [-0.2, -0.15) is 0 Å². The Kier molecular flexibility index (Phi) is 42.7. The summed E-state index contributed by atoms with van der Waals surface area (Å²) in [6.45, 7) is 7.22. The molecule has 0 spiro atoms. The summed E-state index contributed by atoms with van der Waals surface area (Å²) in [6.07, 6.45) is 63.7. The predicted octanol–water partition coefficient (Wildman–Crippen LogP) is 14.7. The number of esters is 2. The highest BCUT2D eigenvalue weighted by atomic mass is 16.6. The molecule has 0 aromatic heterocycles.